The minimum Gasteiger partial charge on any atom is -0.405 e. The van der Waals surface area contributed by atoms with Gasteiger partial charge < -0.3 is 31.1 Å². The van der Waals surface area contributed by atoms with E-state index in [0.29, 0.717) is 54.9 Å². The molecule has 1 aromatic heterocycles. The molecule has 5 rings (SSSR count). The monoisotopic (exact) mass is 608 g/mol. The number of nitrogens with zero attached hydrogens (tertiary/aromatic N) is 2. The third-order valence-electron chi connectivity index (χ3n) is 9.40. The van der Waals surface area contributed by atoms with Crippen LogP contribution in [0.3, 0.4) is 0 Å². The van der Waals surface area contributed by atoms with Crippen LogP contribution < -0.4 is 26.0 Å². The highest BCUT2D eigenvalue weighted by Crippen LogP contribution is 2.45. The van der Waals surface area contributed by atoms with E-state index in [9.17, 15) is 17.6 Å². The molecule has 1 aromatic carbocycles. The summed E-state index contributed by atoms with van der Waals surface area (Å²) in [5.74, 6) is 1.61. The number of ether oxygens (including phenoxy) is 1. The average Bonchev–Trinajstić information content (AvgIpc) is 2.97. The molecule has 3 fully saturated rings. The van der Waals surface area contributed by atoms with Crippen LogP contribution in [0.4, 0.5) is 29.3 Å². The van der Waals surface area contributed by atoms with Gasteiger partial charge in [0, 0.05) is 43.3 Å². The van der Waals surface area contributed by atoms with E-state index in [-0.39, 0.29) is 36.2 Å². The first-order valence-corrected chi connectivity index (χ1v) is 15.6. The Balaban J connectivity index is 1.14. The molecule has 0 aliphatic heterocycles. The van der Waals surface area contributed by atoms with Crippen molar-refractivity contribution < 1.29 is 27.4 Å². The number of aliphatic hydroxyl groups excluding tert-OH is 1. The Morgan fingerprint density at radius 3 is 2.53 bits per heavy atom. The summed E-state index contributed by atoms with van der Waals surface area (Å²) in [4.78, 5) is 8.24. The summed E-state index contributed by atoms with van der Waals surface area (Å²) >= 11 is 0. The van der Waals surface area contributed by atoms with Crippen molar-refractivity contribution in [3.8, 4) is 5.75 Å². The average molecular weight is 609 g/mol. The third-order valence-corrected chi connectivity index (χ3v) is 9.40. The molecule has 3 aliphatic carbocycles. The van der Waals surface area contributed by atoms with Crippen LogP contribution in [0.2, 0.25) is 0 Å². The van der Waals surface area contributed by atoms with Crippen LogP contribution in [0, 0.1) is 29.5 Å². The molecule has 238 valence electrons. The molecule has 3 saturated carbocycles. The molecule has 0 spiro atoms. The fourth-order valence-corrected chi connectivity index (χ4v) is 7.58. The molecule has 12 heteroatoms. The molecule has 1 heterocycles. The lowest BCUT2D eigenvalue weighted by Crippen LogP contribution is -2.53. The molecule has 2 bridgehead atoms. The van der Waals surface area contributed by atoms with Crippen molar-refractivity contribution in [1.82, 2.24) is 20.6 Å². The number of aliphatic hydroxyl groups is 1. The minimum atomic E-state index is -4.80. The Labute approximate surface area is 250 Å². The minimum absolute atomic E-state index is 0.0172. The van der Waals surface area contributed by atoms with Crippen molar-refractivity contribution in [1.29, 1.82) is 0 Å². The third kappa shape index (κ3) is 8.92. The normalized spacial score (nSPS) is 29.2. The Morgan fingerprint density at radius 1 is 1.00 bits per heavy atom. The highest BCUT2D eigenvalue weighted by atomic mass is 19.4. The lowest BCUT2D eigenvalue weighted by molar-refractivity contribution is -0.274. The van der Waals surface area contributed by atoms with Gasteiger partial charge in [-0.15, -0.1) is 13.2 Å². The van der Waals surface area contributed by atoms with E-state index in [4.69, 9.17) is 5.11 Å². The van der Waals surface area contributed by atoms with Gasteiger partial charge in [0.05, 0.1) is 12.8 Å². The van der Waals surface area contributed by atoms with Gasteiger partial charge in [0.2, 0.25) is 5.95 Å². The highest BCUT2D eigenvalue weighted by molar-refractivity contribution is 5.43. The molecule has 0 amide bonds. The van der Waals surface area contributed by atoms with Crippen LogP contribution >= 0.6 is 0 Å². The first-order chi connectivity index (χ1) is 20.7. The summed E-state index contributed by atoms with van der Waals surface area (Å²) in [6, 6.07) is 7.35. The number of hydrogen-bond acceptors (Lipinski definition) is 8. The van der Waals surface area contributed by atoms with Crippen LogP contribution in [0.1, 0.15) is 63.9 Å². The number of alkyl halides is 3. The van der Waals surface area contributed by atoms with Gasteiger partial charge in [0.15, 0.2) is 11.6 Å². The summed E-state index contributed by atoms with van der Waals surface area (Å²) < 4.78 is 57.0. The topological polar surface area (TPSA) is 103 Å². The first kappa shape index (κ1) is 31.7. The first-order valence-electron chi connectivity index (χ1n) is 15.6. The van der Waals surface area contributed by atoms with Crippen LogP contribution in [0.5, 0.6) is 5.75 Å². The molecular formula is C31H44F4N6O2. The number of hydrogen-bond donors (Lipinski definition) is 5. The van der Waals surface area contributed by atoms with Gasteiger partial charge in [-0.05, 0) is 81.1 Å². The molecule has 5 N–H and O–H groups in total. The van der Waals surface area contributed by atoms with Crippen LogP contribution in [0.25, 0.3) is 0 Å². The number of anilines is 2. The summed E-state index contributed by atoms with van der Waals surface area (Å²) in [5, 5.41) is 22.6. The summed E-state index contributed by atoms with van der Waals surface area (Å²) in [6.07, 6.45) is 5.46. The number of fused-ring (bicyclic) bond motifs is 2. The predicted octanol–water partition coefficient (Wildman–Crippen LogP) is 5.46. The highest BCUT2D eigenvalue weighted by Gasteiger charge is 2.42. The Bertz CT molecular complexity index is 1180. The fraction of sp³-hybridized carbons (Fsp3) is 0.677. The molecular weight excluding hydrogens is 564 g/mol. The molecule has 8 nitrogen and oxygen atoms in total. The maximum absolute atomic E-state index is 14.7. The largest absolute Gasteiger partial charge is 0.573 e. The lowest BCUT2D eigenvalue weighted by atomic mass is 9.62. The Morgan fingerprint density at radius 2 is 1.77 bits per heavy atom. The molecule has 3 aliphatic rings. The van der Waals surface area contributed by atoms with E-state index in [0.717, 1.165) is 44.7 Å². The van der Waals surface area contributed by atoms with Crippen LogP contribution in [-0.2, 0) is 6.54 Å². The van der Waals surface area contributed by atoms with Gasteiger partial charge in [-0.3, -0.25) is 0 Å². The number of rotatable bonds is 12. The van der Waals surface area contributed by atoms with Crippen LogP contribution in [-0.4, -0.2) is 59.3 Å². The zero-order chi connectivity index (χ0) is 30.4. The van der Waals surface area contributed by atoms with Gasteiger partial charge in [0.1, 0.15) is 5.75 Å². The fourth-order valence-electron chi connectivity index (χ4n) is 7.58. The number of nitrogens with one attached hydrogen (secondary N) is 4. The van der Waals surface area contributed by atoms with Crippen molar-refractivity contribution in [2.24, 2.45) is 23.7 Å². The van der Waals surface area contributed by atoms with Crippen LogP contribution in [0.15, 0.2) is 30.5 Å². The van der Waals surface area contributed by atoms with Gasteiger partial charge >= 0.3 is 6.36 Å². The predicted molar refractivity (Wildman–Crippen MR) is 157 cm³/mol. The van der Waals surface area contributed by atoms with Gasteiger partial charge in [0.25, 0.3) is 0 Å². The SMILES string of the molecule is C[C@@H]1CC2C[C@@H](CNc3nc(NCc4ccccc4OC(F)(F)F)ncc3F)C[C@@H](C2)[C@H]1NC1CCC(NCCO)CC1. The van der Waals surface area contributed by atoms with E-state index >= 15 is 0 Å². The standard InChI is InChI=1S/C31H44F4N6O2/c1-19-12-20-13-21(15-23(14-20)28(19)40-25-8-6-24(7-9-25)36-10-11-42)16-37-29-26(32)18-39-30(41-29)38-17-22-4-2-3-5-27(22)43-31(33,34)35/h2-5,18-21,23-25,28,36,40,42H,6-17H2,1H3,(H2,37,38,39,41)/t19-,20?,21-,23-,24?,25?,28+/m1/s1. The molecule has 0 radical (unpaired) electrons. The molecule has 43 heavy (non-hydrogen) atoms. The lowest BCUT2D eigenvalue weighted by Gasteiger charge is -2.49. The zero-order valence-electron chi connectivity index (χ0n) is 24.7. The summed E-state index contributed by atoms with van der Waals surface area (Å²) in [6.45, 7) is 3.80. The molecule has 1 unspecified atom stereocenters. The van der Waals surface area contributed by atoms with Crippen molar-refractivity contribution in [3.63, 3.8) is 0 Å². The Kier molecular flexibility index (Phi) is 10.6. The number of benzene rings is 1. The zero-order valence-corrected chi connectivity index (χ0v) is 24.7. The second kappa shape index (κ2) is 14.4. The Hall–Kier alpha value is -2.70. The summed E-state index contributed by atoms with van der Waals surface area (Å²) in [5.41, 5.74) is 0.278. The second-order valence-corrected chi connectivity index (χ2v) is 12.6. The molecule has 5 atom stereocenters. The van der Waals surface area contributed by atoms with Crippen molar-refractivity contribution in [2.75, 3.05) is 30.3 Å². The van der Waals surface area contributed by atoms with Crippen molar-refractivity contribution >= 4 is 11.8 Å². The number of para-hydroxylation sites is 1. The second-order valence-electron chi connectivity index (χ2n) is 12.6. The maximum atomic E-state index is 14.7. The quantitative estimate of drug-likeness (QED) is 0.203. The van der Waals surface area contributed by atoms with Gasteiger partial charge in [-0.1, -0.05) is 25.1 Å². The van der Waals surface area contributed by atoms with Gasteiger partial charge in [-0.2, -0.15) is 4.98 Å². The molecule has 0 saturated heterocycles. The number of halogens is 4. The van der Waals surface area contributed by atoms with Crippen molar-refractivity contribution in [2.45, 2.75) is 89.3 Å². The van der Waals surface area contributed by atoms with E-state index < -0.39 is 12.2 Å². The maximum Gasteiger partial charge on any atom is 0.573 e. The summed E-state index contributed by atoms with van der Waals surface area (Å²) in [7, 11) is 0. The number of aromatic nitrogens is 2. The van der Waals surface area contributed by atoms with E-state index in [2.05, 4.69) is 42.9 Å². The smallest absolute Gasteiger partial charge is 0.405 e. The van der Waals surface area contributed by atoms with E-state index in [1.54, 1.807) is 6.07 Å². The van der Waals surface area contributed by atoms with Crippen molar-refractivity contribution in [3.05, 3.63) is 41.8 Å². The van der Waals surface area contributed by atoms with E-state index in [1.165, 1.54) is 31.0 Å². The van der Waals surface area contributed by atoms with Gasteiger partial charge in [-0.25, -0.2) is 9.37 Å². The molecule has 2 aromatic rings. The van der Waals surface area contributed by atoms with E-state index in [1.807, 2.05) is 0 Å².